The minimum Gasteiger partial charge on any atom is -0.481 e. The number of hydrogen-bond donors (Lipinski definition) is 3. The molecule has 0 radical (unpaired) electrons. The van der Waals surface area contributed by atoms with E-state index in [4.69, 9.17) is 5.11 Å². The number of amides is 2. The molecule has 1 aromatic carbocycles. The molecule has 0 fully saturated rings. The summed E-state index contributed by atoms with van der Waals surface area (Å²) in [5, 5.41) is 14.2. The number of benzene rings is 1. The molecule has 3 N–H and O–H groups in total. The van der Waals surface area contributed by atoms with Crippen LogP contribution in [0.5, 0.6) is 0 Å². The summed E-state index contributed by atoms with van der Waals surface area (Å²) >= 11 is 0. The molecule has 0 aliphatic rings. The Kier molecular flexibility index (Phi) is 5.99. The highest BCUT2D eigenvalue weighted by molar-refractivity contribution is 5.89. The molecule has 0 aromatic heterocycles. The van der Waals surface area contributed by atoms with Crippen LogP contribution in [0.2, 0.25) is 0 Å². The number of carboxylic acid groups (broad SMARTS) is 1. The van der Waals surface area contributed by atoms with E-state index in [1.165, 1.54) is 0 Å². The van der Waals surface area contributed by atoms with Gasteiger partial charge in [0.05, 0.1) is 6.42 Å². The second-order valence-corrected chi connectivity index (χ2v) is 5.03. The van der Waals surface area contributed by atoms with Crippen molar-refractivity contribution in [3.8, 4) is 0 Å². The van der Waals surface area contributed by atoms with Crippen molar-refractivity contribution in [3.63, 3.8) is 0 Å². The third-order valence-corrected chi connectivity index (χ3v) is 2.56. The first-order valence-corrected chi connectivity index (χ1v) is 6.40. The molecule has 0 aliphatic heterocycles. The SMILES string of the molecule is CC(CN(C)C)NC(=O)Nc1cccc(CC(=O)O)c1. The maximum absolute atomic E-state index is 11.8. The highest BCUT2D eigenvalue weighted by atomic mass is 16.4. The lowest BCUT2D eigenvalue weighted by Crippen LogP contribution is -2.41. The van der Waals surface area contributed by atoms with Gasteiger partial charge in [-0.05, 0) is 38.7 Å². The van der Waals surface area contributed by atoms with E-state index in [9.17, 15) is 9.59 Å². The molecule has 1 atom stereocenters. The van der Waals surface area contributed by atoms with Gasteiger partial charge in [0.2, 0.25) is 0 Å². The van der Waals surface area contributed by atoms with Crippen LogP contribution in [0.15, 0.2) is 24.3 Å². The first kappa shape index (κ1) is 16.0. The first-order chi connectivity index (χ1) is 9.36. The summed E-state index contributed by atoms with van der Waals surface area (Å²) in [5.41, 5.74) is 1.23. The van der Waals surface area contributed by atoms with Gasteiger partial charge in [0.1, 0.15) is 0 Å². The van der Waals surface area contributed by atoms with Crippen molar-refractivity contribution in [2.75, 3.05) is 26.0 Å². The largest absolute Gasteiger partial charge is 0.481 e. The van der Waals surface area contributed by atoms with E-state index in [0.717, 1.165) is 6.54 Å². The monoisotopic (exact) mass is 279 g/mol. The van der Waals surface area contributed by atoms with Crippen LogP contribution in [0.3, 0.4) is 0 Å². The van der Waals surface area contributed by atoms with Crippen LogP contribution in [0.1, 0.15) is 12.5 Å². The van der Waals surface area contributed by atoms with E-state index in [1.807, 2.05) is 25.9 Å². The van der Waals surface area contributed by atoms with Crippen LogP contribution >= 0.6 is 0 Å². The zero-order chi connectivity index (χ0) is 15.1. The molecule has 0 aliphatic carbocycles. The lowest BCUT2D eigenvalue weighted by Gasteiger charge is -2.18. The van der Waals surface area contributed by atoms with Crippen LogP contribution in [0.25, 0.3) is 0 Å². The second kappa shape index (κ2) is 7.49. The standard InChI is InChI=1S/C14H21N3O3/c1-10(9-17(2)3)15-14(20)16-12-6-4-5-11(7-12)8-13(18)19/h4-7,10H,8-9H2,1-3H3,(H,18,19)(H2,15,16,20). The van der Waals surface area contributed by atoms with Crippen LogP contribution in [-0.4, -0.2) is 48.7 Å². The summed E-state index contributed by atoms with van der Waals surface area (Å²) in [6.07, 6.45) is -0.0613. The van der Waals surface area contributed by atoms with Gasteiger partial charge in [-0.2, -0.15) is 0 Å². The topological polar surface area (TPSA) is 81.7 Å². The molecular weight excluding hydrogens is 258 g/mol. The molecular formula is C14H21N3O3. The van der Waals surface area contributed by atoms with Crippen molar-refractivity contribution >= 4 is 17.7 Å². The smallest absolute Gasteiger partial charge is 0.319 e. The van der Waals surface area contributed by atoms with Crippen molar-refractivity contribution in [3.05, 3.63) is 29.8 Å². The van der Waals surface area contributed by atoms with Gasteiger partial charge < -0.3 is 20.6 Å². The van der Waals surface area contributed by atoms with E-state index in [0.29, 0.717) is 11.3 Å². The third-order valence-electron chi connectivity index (χ3n) is 2.56. The molecule has 1 rings (SSSR count). The van der Waals surface area contributed by atoms with Crippen molar-refractivity contribution in [2.45, 2.75) is 19.4 Å². The Balaban J connectivity index is 2.55. The molecule has 20 heavy (non-hydrogen) atoms. The Morgan fingerprint density at radius 1 is 1.35 bits per heavy atom. The predicted octanol–water partition coefficient (Wildman–Crippen LogP) is 1.39. The van der Waals surface area contributed by atoms with E-state index >= 15 is 0 Å². The van der Waals surface area contributed by atoms with Gasteiger partial charge in [-0.25, -0.2) is 4.79 Å². The molecule has 0 saturated carbocycles. The molecule has 0 spiro atoms. The van der Waals surface area contributed by atoms with Crippen LogP contribution in [0.4, 0.5) is 10.5 Å². The van der Waals surface area contributed by atoms with E-state index < -0.39 is 5.97 Å². The van der Waals surface area contributed by atoms with Gasteiger partial charge in [0, 0.05) is 18.3 Å². The summed E-state index contributed by atoms with van der Waals surface area (Å²) in [5.74, 6) is -0.897. The summed E-state index contributed by atoms with van der Waals surface area (Å²) in [6, 6.07) is 6.54. The van der Waals surface area contributed by atoms with Crippen molar-refractivity contribution in [2.24, 2.45) is 0 Å². The molecule has 0 saturated heterocycles. The first-order valence-electron chi connectivity index (χ1n) is 6.40. The number of nitrogens with zero attached hydrogens (tertiary/aromatic N) is 1. The quantitative estimate of drug-likeness (QED) is 0.735. The molecule has 6 heteroatoms. The number of carboxylic acids is 1. The van der Waals surface area contributed by atoms with Crippen molar-refractivity contribution in [1.29, 1.82) is 0 Å². The average molecular weight is 279 g/mol. The molecule has 2 amide bonds. The number of nitrogens with one attached hydrogen (secondary N) is 2. The summed E-state index contributed by atoms with van der Waals surface area (Å²) in [6.45, 7) is 2.66. The lowest BCUT2D eigenvalue weighted by molar-refractivity contribution is -0.136. The number of aliphatic carboxylic acids is 1. The number of urea groups is 1. The van der Waals surface area contributed by atoms with Gasteiger partial charge >= 0.3 is 12.0 Å². The second-order valence-electron chi connectivity index (χ2n) is 5.03. The fourth-order valence-corrected chi connectivity index (χ4v) is 1.92. The van der Waals surface area contributed by atoms with Crippen molar-refractivity contribution in [1.82, 2.24) is 10.2 Å². The fourth-order valence-electron chi connectivity index (χ4n) is 1.92. The van der Waals surface area contributed by atoms with Gasteiger partial charge in [-0.15, -0.1) is 0 Å². The Morgan fingerprint density at radius 2 is 2.05 bits per heavy atom. The fraction of sp³-hybridized carbons (Fsp3) is 0.429. The van der Waals surface area contributed by atoms with Gasteiger partial charge in [0.15, 0.2) is 0 Å². The number of hydrogen-bond acceptors (Lipinski definition) is 3. The molecule has 0 heterocycles. The van der Waals surface area contributed by atoms with E-state index in [-0.39, 0.29) is 18.5 Å². The zero-order valence-electron chi connectivity index (χ0n) is 12.0. The minimum absolute atomic E-state index is 0.0206. The van der Waals surface area contributed by atoms with Gasteiger partial charge in [0.25, 0.3) is 0 Å². The van der Waals surface area contributed by atoms with Gasteiger partial charge in [-0.1, -0.05) is 12.1 Å². The third kappa shape index (κ3) is 6.19. The Bertz CT molecular complexity index is 474. The maximum atomic E-state index is 11.8. The Labute approximate surface area is 118 Å². The number of rotatable bonds is 6. The molecule has 6 nitrogen and oxygen atoms in total. The number of anilines is 1. The van der Waals surface area contributed by atoms with Gasteiger partial charge in [-0.3, -0.25) is 4.79 Å². The van der Waals surface area contributed by atoms with E-state index in [1.54, 1.807) is 24.3 Å². The highest BCUT2D eigenvalue weighted by Gasteiger charge is 2.09. The predicted molar refractivity (Wildman–Crippen MR) is 78.0 cm³/mol. The van der Waals surface area contributed by atoms with Crippen LogP contribution in [0, 0.1) is 0 Å². The number of likely N-dealkylation sites (N-methyl/N-ethyl adjacent to an activating group) is 1. The average Bonchev–Trinajstić information content (AvgIpc) is 2.26. The molecule has 1 aromatic rings. The number of carbonyl (C=O) groups excluding carboxylic acids is 1. The molecule has 1 unspecified atom stereocenters. The minimum atomic E-state index is -0.897. The summed E-state index contributed by atoms with van der Waals surface area (Å²) < 4.78 is 0. The van der Waals surface area contributed by atoms with Crippen molar-refractivity contribution < 1.29 is 14.7 Å². The van der Waals surface area contributed by atoms with E-state index in [2.05, 4.69) is 10.6 Å². The lowest BCUT2D eigenvalue weighted by atomic mass is 10.1. The maximum Gasteiger partial charge on any atom is 0.319 e. The molecule has 110 valence electrons. The molecule has 0 bridgehead atoms. The summed E-state index contributed by atoms with van der Waals surface area (Å²) in [7, 11) is 3.87. The highest BCUT2D eigenvalue weighted by Crippen LogP contribution is 2.11. The Morgan fingerprint density at radius 3 is 2.65 bits per heavy atom. The zero-order valence-corrected chi connectivity index (χ0v) is 12.0. The summed E-state index contributed by atoms with van der Waals surface area (Å²) in [4.78, 5) is 24.4. The van der Waals surface area contributed by atoms with Crippen LogP contribution in [-0.2, 0) is 11.2 Å². The normalized spacial score (nSPS) is 12.0. The Hall–Kier alpha value is -2.08. The van der Waals surface area contributed by atoms with Crippen LogP contribution < -0.4 is 10.6 Å². The number of carbonyl (C=O) groups is 2.